The fourth-order valence-corrected chi connectivity index (χ4v) is 3.57. The van der Waals surface area contributed by atoms with Crippen molar-refractivity contribution < 1.29 is 4.74 Å². The fourth-order valence-electron chi connectivity index (χ4n) is 3.57. The maximum Gasteiger partial charge on any atom is 0.335 e. The molecule has 5 rings (SSSR count). The summed E-state index contributed by atoms with van der Waals surface area (Å²) < 4.78 is 8.71. The Hall–Kier alpha value is -3.81. The number of hydrogen-bond donors (Lipinski definition) is 2. The van der Waals surface area contributed by atoms with E-state index < -0.39 is 0 Å². The predicted octanol–water partition coefficient (Wildman–Crippen LogP) is 2.80. The van der Waals surface area contributed by atoms with E-state index in [1.165, 1.54) is 0 Å². The lowest BCUT2D eigenvalue weighted by Gasteiger charge is -2.09. The third-order valence-corrected chi connectivity index (χ3v) is 5.23. The maximum atomic E-state index is 13.5. The molecule has 1 saturated carbocycles. The summed E-state index contributed by atoms with van der Waals surface area (Å²) in [5.41, 5.74) is 9.10. The standard InChI is InChI=1S/C22H22N6O2/c1-30-19-8-3-2-5-14(19)13-27-18-12-24-21(25-16-9-10-16)26-20(18)28(22(27)29)17-7-4-6-15(23)11-17/h2-8,11-12,16H,9-10,13,23H2,1H3,(H,24,25,26). The van der Waals surface area contributed by atoms with Crippen molar-refractivity contribution in [1.29, 1.82) is 0 Å². The van der Waals surface area contributed by atoms with E-state index in [1.54, 1.807) is 34.6 Å². The Morgan fingerprint density at radius 1 is 1.20 bits per heavy atom. The van der Waals surface area contributed by atoms with Gasteiger partial charge in [0.25, 0.3) is 0 Å². The molecule has 4 aromatic rings. The summed E-state index contributed by atoms with van der Waals surface area (Å²) in [5.74, 6) is 1.25. The number of nitrogens with two attached hydrogens (primary N) is 1. The number of ether oxygens (including phenoxy) is 1. The number of hydrogen-bond acceptors (Lipinski definition) is 6. The van der Waals surface area contributed by atoms with Crippen molar-refractivity contribution in [3.8, 4) is 11.4 Å². The van der Waals surface area contributed by atoms with Gasteiger partial charge in [0.2, 0.25) is 5.95 Å². The number of nitrogens with zero attached hydrogens (tertiary/aromatic N) is 4. The first kappa shape index (κ1) is 18.2. The molecule has 0 amide bonds. The maximum absolute atomic E-state index is 13.5. The summed E-state index contributed by atoms with van der Waals surface area (Å²) >= 11 is 0. The third kappa shape index (κ3) is 3.26. The SMILES string of the molecule is COc1ccccc1Cn1c(=O)n(-c2cccc(N)c2)c2nc(NC3CC3)ncc21. The molecule has 3 N–H and O–H groups in total. The second-order valence-electron chi connectivity index (χ2n) is 7.43. The Balaban J connectivity index is 1.70. The average molecular weight is 402 g/mol. The highest BCUT2D eigenvalue weighted by Gasteiger charge is 2.23. The summed E-state index contributed by atoms with van der Waals surface area (Å²) in [7, 11) is 1.62. The van der Waals surface area contributed by atoms with Gasteiger partial charge in [0, 0.05) is 17.3 Å². The highest BCUT2D eigenvalue weighted by atomic mass is 16.5. The predicted molar refractivity (Wildman–Crippen MR) is 116 cm³/mol. The van der Waals surface area contributed by atoms with E-state index >= 15 is 0 Å². The number of benzene rings is 2. The Kier molecular flexibility index (Phi) is 4.39. The quantitative estimate of drug-likeness (QED) is 0.481. The molecule has 0 aliphatic heterocycles. The zero-order valence-corrected chi connectivity index (χ0v) is 16.6. The first-order chi connectivity index (χ1) is 14.6. The molecule has 1 aliphatic rings. The molecule has 2 aromatic carbocycles. The molecular formula is C22H22N6O2. The van der Waals surface area contributed by atoms with E-state index in [-0.39, 0.29) is 5.69 Å². The van der Waals surface area contributed by atoms with Gasteiger partial charge in [-0.1, -0.05) is 24.3 Å². The molecule has 0 spiro atoms. The van der Waals surface area contributed by atoms with Gasteiger partial charge in [-0.3, -0.25) is 4.57 Å². The molecule has 0 saturated heterocycles. The minimum Gasteiger partial charge on any atom is -0.496 e. The molecule has 30 heavy (non-hydrogen) atoms. The van der Waals surface area contributed by atoms with Crippen LogP contribution in [0.2, 0.25) is 0 Å². The van der Waals surface area contributed by atoms with Gasteiger partial charge in [0.05, 0.1) is 25.5 Å². The van der Waals surface area contributed by atoms with Crippen LogP contribution in [0, 0.1) is 0 Å². The summed E-state index contributed by atoms with van der Waals surface area (Å²) in [5, 5.41) is 3.30. The van der Waals surface area contributed by atoms with E-state index in [9.17, 15) is 4.79 Å². The normalized spacial score (nSPS) is 13.5. The highest BCUT2D eigenvalue weighted by molar-refractivity contribution is 5.75. The molecule has 1 fully saturated rings. The first-order valence-corrected chi connectivity index (χ1v) is 9.86. The van der Waals surface area contributed by atoms with Crippen LogP contribution in [-0.2, 0) is 6.54 Å². The largest absolute Gasteiger partial charge is 0.496 e. The number of aromatic nitrogens is 4. The minimum atomic E-state index is -0.209. The Bertz CT molecular complexity index is 1290. The molecule has 0 unspecified atom stereocenters. The molecule has 2 heterocycles. The number of rotatable bonds is 6. The molecule has 8 heteroatoms. The molecule has 0 bridgehead atoms. The van der Waals surface area contributed by atoms with Crippen LogP contribution < -0.4 is 21.5 Å². The van der Waals surface area contributed by atoms with Crippen LogP contribution in [0.15, 0.2) is 59.5 Å². The second-order valence-corrected chi connectivity index (χ2v) is 7.43. The summed E-state index contributed by atoms with van der Waals surface area (Å²) in [6.07, 6.45) is 3.92. The van der Waals surface area contributed by atoms with Gasteiger partial charge in [0.1, 0.15) is 11.3 Å². The number of nitrogen functional groups attached to an aromatic ring is 1. The fraction of sp³-hybridized carbons (Fsp3) is 0.227. The van der Waals surface area contributed by atoms with Crippen molar-refractivity contribution in [3.05, 3.63) is 70.8 Å². The topological polar surface area (TPSA) is 100.0 Å². The number of fused-ring (bicyclic) bond motifs is 1. The lowest BCUT2D eigenvalue weighted by atomic mass is 10.2. The van der Waals surface area contributed by atoms with Crippen LogP contribution in [0.5, 0.6) is 5.75 Å². The Morgan fingerprint density at radius 3 is 2.80 bits per heavy atom. The van der Waals surface area contributed by atoms with Crippen molar-refractivity contribution >= 4 is 22.8 Å². The zero-order valence-electron chi connectivity index (χ0n) is 16.6. The van der Waals surface area contributed by atoms with E-state index in [2.05, 4.69) is 15.3 Å². The molecular weight excluding hydrogens is 380 g/mol. The van der Waals surface area contributed by atoms with E-state index in [0.717, 1.165) is 24.2 Å². The van der Waals surface area contributed by atoms with Crippen LogP contribution in [0.1, 0.15) is 18.4 Å². The lowest BCUT2D eigenvalue weighted by Crippen LogP contribution is -2.24. The lowest BCUT2D eigenvalue weighted by molar-refractivity contribution is 0.408. The van der Waals surface area contributed by atoms with Crippen molar-refractivity contribution in [2.45, 2.75) is 25.4 Å². The van der Waals surface area contributed by atoms with Gasteiger partial charge in [-0.25, -0.2) is 14.3 Å². The molecule has 0 radical (unpaired) electrons. The number of methoxy groups -OCH3 is 1. The van der Waals surface area contributed by atoms with Crippen LogP contribution in [-0.4, -0.2) is 32.3 Å². The van der Waals surface area contributed by atoms with Crippen LogP contribution >= 0.6 is 0 Å². The molecule has 8 nitrogen and oxygen atoms in total. The van der Waals surface area contributed by atoms with Gasteiger partial charge >= 0.3 is 5.69 Å². The first-order valence-electron chi connectivity index (χ1n) is 9.86. The highest BCUT2D eigenvalue weighted by Crippen LogP contribution is 2.25. The molecule has 2 aromatic heterocycles. The van der Waals surface area contributed by atoms with Crippen molar-refractivity contribution in [2.75, 3.05) is 18.2 Å². The zero-order chi connectivity index (χ0) is 20.7. The third-order valence-electron chi connectivity index (χ3n) is 5.23. The van der Waals surface area contributed by atoms with Crippen molar-refractivity contribution in [3.63, 3.8) is 0 Å². The summed E-state index contributed by atoms with van der Waals surface area (Å²) in [4.78, 5) is 22.6. The van der Waals surface area contributed by atoms with Crippen LogP contribution in [0.3, 0.4) is 0 Å². The monoisotopic (exact) mass is 402 g/mol. The van der Waals surface area contributed by atoms with Crippen LogP contribution in [0.25, 0.3) is 16.9 Å². The number of anilines is 2. The van der Waals surface area contributed by atoms with Gasteiger partial charge in [-0.2, -0.15) is 4.98 Å². The van der Waals surface area contributed by atoms with E-state index in [1.807, 2.05) is 36.4 Å². The van der Waals surface area contributed by atoms with Gasteiger partial charge in [-0.05, 0) is 37.1 Å². The molecule has 152 valence electrons. The van der Waals surface area contributed by atoms with Gasteiger partial charge in [0.15, 0.2) is 5.65 Å². The van der Waals surface area contributed by atoms with E-state index in [0.29, 0.717) is 41.1 Å². The second kappa shape index (κ2) is 7.22. The number of para-hydroxylation sites is 1. The Morgan fingerprint density at radius 2 is 2.03 bits per heavy atom. The van der Waals surface area contributed by atoms with Crippen LogP contribution in [0.4, 0.5) is 11.6 Å². The van der Waals surface area contributed by atoms with E-state index in [4.69, 9.17) is 10.5 Å². The van der Waals surface area contributed by atoms with Crippen molar-refractivity contribution in [1.82, 2.24) is 19.1 Å². The number of imidazole rings is 1. The molecule has 0 atom stereocenters. The van der Waals surface area contributed by atoms with Crippen molar-refractivity contribution in [2.24, 2.45) is 0 Å². The van der Waals surface area contributed by atoms with Gasteiger partial charge in [-0.15, -0.1) is 0 Å². The minimum absolute atomic E-state index is 0.209. The number of nitrogens with one attached hydrogen (secondary N) is 1. The Labute approximate surface area is 172 Å². The summed E-state index contributed by atoms with van der Waals surface area (Å²) in [6.45, 7) is 0.341. The average Bonchev–Trinajstić information content (AvgIpc) is 3.52. The smallest absolute Gasteiger partial charge is 0.335 e. The molecule has 1 aliphatic carbocycles. The van der Waals surface area contributed by atoms with Gasteiger partial charge < -0.3 is 15.8 Å². The summed E-state index contributed by atoms with van der Waals surface area (Å²) in [6, 6.07) is 15.3.